The molecular formula is C17H26N2O. The van der Waals surface area contributed by atoms with Crippen LogP contribution in [0, 0.1) is 0 Å². The Morgan fingerprint density at radius 1 is 1.25 bits per heavy atom. The second-order valence-electron chi connectivity index (χ2n) is 5.57. The number of rotatable bonds is 6. The van der Waals surface area contributed by atoms with E-state index in [9.17, 15) is 5.11 Å². The van der Waals surface area contributed by atoms with Crippen molar-refractivity contribution < 1.29 is 5.11 Å². The Labute approximate surface area is 122 Å². The van der Waals surface area contributed by atoms with Crippen molar-refractivity contribution in [3.05, 3.63) is 42.0 Å². The second kappa shape index (κ2) is 8.20. The maximum Gasteiger partial charge on any atom is 0.0558 e. The van der Waals surface area contributed by atoms with Crippen LogP contribution in [0.4, 0.5) is 0 Å². The van der Waals surface area contributed by atoms with Crippen molar-refractivity contribution in [3.63, 3.8) is 0 Å². The van der Waals surface area contributed by atoms with Gasteiger partial charge in [-0.15, -0.1) is 0 Å². The van der Waals surface area contributed by atoms with E-state index < -0.39 is 0 Å². The van der Waals surface area contributed by atoms with Gasteiger partial charge in [0, 0.05) is 19.1 Å². The zero-order chi connectivity index (χ0) is 14.2. The molecule has 20 heavy (non-hydrogen) atoms. The molecule has 0 bridgehead atoms. The Morgan fingerprint density at radius 3 is 2.60 bits per heavy atom. The molecule has 3 heteroatoms. The summed E-state index contributed by atoms with van der Waals surface area (Å²) < 4.78 is 0. The molecule has 1 fully saturated rings. The van der Waals surface area contributed by atoms with Crippen LogP contribution in [0.3, 0.4) is 0 Å². The topological polar surface area (TPSA) is 26.7 Å². The molecule has 0 aliphatic carbocycles. The molecule has 0 spiro atoms. The Hall–Kier alpha value is -1.16. The van der Waals surface area contributed by atoms with Crippen LogP contribution in [0.5, 0.6) is 0 Å². The first kappa shape index (κ1) is 15.2. The highest BCUT2D eigenvalue weighted by molar-refractivity contribution is 5.48. The fraction of sp³-hybridized carbons (Fsp3) is 0.529. The summed E-state index contributed by atoms with van der Waals surface area (Å²) >= 11 is 0. The van der Waals surface area contributed by atoms with Crippen molar-refractivity contribution in [1.82, 2.24) is 9.80 Å². The van der Waals surface area contributed by atoms with Gasteiger partial charge in [-0.1, -0.05) is 42.5 Å². The van der Waals surface area contributed by atoms with Crippen molar-refractivity contribution in [2.24, 2.45) is 0 Å². The Balaban J connectivity index is 1.87. The number of benzene rings is 1. The molecule has 1 aliphatic heterocycles. The molecule has 3 nitrogen and oxygen atoms in total. The number of hydrogen-bond acceptors (Lipinski definition) is 3. The molecule has 0 radical (unpaired) electrons. The van der Waals surface area contributed by atoms with Gasteiger partial charge in [0.2, 0.25) is 0 Å². The molecule has 0 aromatic heterocycles. The molecule has 0 unspecified atom stereocenters. The van der Waals surface area contributed by atoms with Crippen LogP contribution in [0.2, 0.25) is 0 Å². The van der Waals surface area contributed by atoms with Crippen LogP contribution in [0.15, 0.2) is 36.4 Å². The summed E-state index contributed by atoms with van der Waals surface area (Å²) in [5.41, 5.74) is 1.24. The van der Waals surface area contributed by atoms with Crippen LogP contribution in [0.1, 0.15) is 18.4 Å². The summed E-state index contributed by atoms with van der Waals surface area (Å²) in [6.07, 6.45) is 6.79. The number of aliphatic hydroxyl groups is 1. The fourth-order valence-corrected chi connectivity index (χ4v) is 2.80. The zero-order valence-electron chi connectivity index (χ0n) is 12.4. The molecule has 0 atom stereocenters. The first-order chi connectivity index (χ1) is 9.79. The van der Waals surface area contributed by atoms with Gasteiger partial charge >= 0.3 is 0 Å². The predicted octanol–water partition coefficient (Wildman–Crippen LogP) is 2.09. The molecule has 1 aromatic rings. The number of nitrogens with zero attached hydrogens (tertiary/aromatic N) is 2. The van der Waals surface area contributed by atoms with Gasteiger partial charge in [0.25, 0.3) is 0 Å². The van der Waals surface area contributed by atoms with Gasteiger partial charge in [-0.05, 0) is 38.5 Å². The maximum absolute atomic E-state index is 9.26. The van der Waals surface area contributed by atoms with Crippen LogP contribution >= 0.6 is 0 Å². The predicted molar refractivity (Wildman–Crippen MR) is 84.7 cm³/mol. The van der Waals surface area contributed by atoms with Crippen molar-refractivity contribution in [2.45, 2.75) is 18.9 Å². The highest BCUT2D eigenvalue weighted by atomic mass is 16.3. The van der Waals surface area contributed by atoms with Crippen LogP contribution < -0.4 is 0 Å². The number of likely N-dealkylation sites (tertiary alicyclic amines) is 1. The Morgan fingerprint density at radius 2 is 1.95 bits per heavy atom. The van der Waals surface area contributed by atoms with E-state index in [0.717, 1.165) is 26.2 Å². The second-order valence-corrected chi connectivity index (χ2v) is 5.57. The van der Waals surface area contributed by atoms with Gasteiger partial charge in [-0.2, -0.15) is 0 Å². The lowest BCUT2D eigenvalue weighted by atomic mass is 10.0. The van der Waals surface area contributed by atoms with E-state index in [1.165, 1.54) is 18.4 Å². The van der Waals surface area contributed by atoms with Gasteiger partial charge in [0.1, 0.15) is 0 Å². The third-order valence-corrected chi connectivity index (χ3v) is 4.04. The standard InChI is InChI=1S/C17H26N2O/c1-18-12-9-17(10-13-18)19(14-15-20)11-5-8-16-6-3-2-4-7-16/h2-8,17,20H,9-15H2,1H3. The molecule has 1 aliphatic rings. The van der Waals surface area contributed by atoms with Gasteiger partial charge in [0.15, 0.2) is 0 Å². The first-order valence-corrected chi connectivity index (χ1v) is 7.54. The number of aliphatic hydroxyl groups excluding tert-OH is 1. The largest absolute Gasteiger partial charge is 0.395 e. The molecule has 1 N–H and O–H groups in total. The smallest absolute Gasteiger partial charge is 0.0558 e. The summed E-state index contributed by atoms with van der Waals surface area (Å²) in [7, 11) is 2.18. The molecule has 1 heterocycles. The van der Waals surface area contributed by atoms with E-state index in [2.05, 4.69) is 53.3 Å². The van der Waals surface area contributed by atoms with E-state index in [4.69, 9.17) is 0 Å². The number of piperidine rings is 1. The van der Waals surface area contributed by atoms with E-state index in [1.54, 1.807) is 0 Å². The monoisotopic (exact) mass is 274 g/mol. The summed E-state index contributed by atoms with van der Waals surface area (Å²) in [5, 5.41) is 9.26. The molecule has 1 aromatic carbocycles. The summed E-state index contributed by atoms with van der Waals surface area (Å²) in [6, 6.07) is 11.0. The van der Waals surface area contributed by atoms with Gasteiger partial charge < -0.3 is 10.0 Å². The minimum absolute atomic E-state index is 0.242. The minimum Gasteiger partial charge on any atom is -0.395 e. The molecular weight excluding hydrogens is 248 g/mol. The van der Waals surface area contributed by atoms with Crippen molar-refractivity contribution in [3.8, 4) is 0 Å². The summed E-state index contributed by atoms with van der Waals surface area (Å²) in [4.78, 5) is 4.79. The van der Waals surface area contributed by atoms with Gasteiger partial charge in [0.05, 0.1) is 6.61 Å². The average Bonchev–Trinajstić information content (AvgIpc) is 2.48. The highest BCUT2D eigenvalue weighted by Crippen LogP contribution is 2.15. The van der Waals surface area contributed by atoms with Crippen LogP contribution in [-0.4, -0.2) is 60.8 Å². The van der Waals surface area contributed by atoms with E-state index in [1.807, 2.05) is 6.07 Å². The summed E-state index contributed by atoms with van der Waals surface area (Å²) in [5.74, 6) is 0. The maximum atomic E-state index is 9.26. The van der Waals surface area contributed by atoms with Gasteiger partial charge in [-0.25, -0.2) is 0 Å². The lowest BCUT2D eigenvalue weighted by molar-refractivity contribution is 0.110. The zero-order valence-corrected chi connectivity index (χ0v) is 12.4. The third kappa shape index (κ3) is 4.75. The lowest BCUT2D eigenvalue weighted by Crippen LogP contribution is -2.44. The van der Waals surface area contributed by atoms with E-state index in [-0.39, 0.29) is 6.61 Å². The van der Waals surface area contributed by atoms with Gasteiger partial charge in [-0.3, -0.25) is 4.90 Å². The molecule has 2 rings (SSSR count). The lowest BCUT2D eigenvalue weighted by Gasteiger charge is -2.36. The SMILES string of the molecule is CN1CCC(N(CC=Cc2ccccc2)CCO)CC1. The number of hydrogen-bond donors (Lipinski definition) is 1. The van der Waals surface area contributed by atoms with E-state index >= 15 is 0 Å². The van der Waals surface area contributed by atoms with E-state index in [0.29, 0.717) is 6.04 Å². The van der Waals surface area contributed by atoms with Crippen molar-refractivity contribution in [1.29, 1.82) is 0 Å². The quantitative estimate of drug-likeness (QED) is 0.860. The van der Waals surface area contributed by atoms with Crippen molar-refractivity contribution in [2.75, 3.05) is 39.8 Å². The molecule has 0 amide bonds. The summed E-state index contributed by atoms with van der Waals surface area (Å²) in [6.45, 7) is 4.26. The highest BCUT2D eigenvalue weighted by Gasteiger charge is 2.21. The molecule has 0 saturated carbocycles. The molecule has 110 valence electrons. The normalized spacial score (nSPS) is 18.1. The average molecular weight is 274 g/mol. The Bertz CT molecular complexity index is 397. The fourth-order valence-electron chi connectivity index (χ4n) is 2.80. The van der Waals surface area contributed by atoms with Crippen LogP contribution in [0.25, 0.3) is 6.08 Å². The Kier molecular flexibility index (Phi) is 6.25. The van der Waals surface area contributed by atoms with Crippen molar-refractivity contribution >= 4 is 6.08 Å². The molecule has 1 saturated heterocycles. The van der Waals surface area contributed by atoms with Crippen LogP contribution in [-0.2, 0) is 0 Å². The minimum atomic E-state index is 0.242. The third-order valence-electron chi connectivity index (χ3n) is 4.04. The first-order valence-electron chi connectivity index (χ1n) is 7.54.